The van der Waals surface area contributed by atoms with E-state index >= 15 is 0 Å². The smallest absolute Gasteiger partial charge is 0.308 e. The van der Waals surface area contributed by atoms with Crippen molar-refractivity contribution in [1.29, 1.82) is 0 Å². The summed E-state index contributed by atoms with van der Waals surface area (Å²) in [6, 6.07) is 16.8. The summed E-state index contributed by atoms with van der Waals surface area (Å²) in [7, 11) is 0. The third-order valence-electron chi connectivity index (χ3n) is 4.17. The Hall–Kier alpha value is -2.82. The maximum atomic E-state index is 12.4. The first-order chi connectivity index (χ1) is 11.6. The summed E-state index contributed by atoms with van der Waals surface area (Å²) >= 11 is 0. The van der Waals surface area contributed by atoms with E-state index in [1.165, 1.54) is 0 Å². The molecular weight excluding hydrogens is 306 g/mol. The zero-order chi connectivity index (χ0) is 16.9. The number of benzene rings is 2. The van der Waals surface area contributed by atoms with Crippen molar-refractivity contribution in [2.24, 2.45) is 5.92 Å². The highest BCUT2D eigenvalue weighted by Crippen LogP contribution is 2.19. The molecule has 1 aliphatic heterocycles. The standard InChI is InChI=1S/C19H19NO4/c21-18(20-11-10-16(12-20)19(22)23)15-8-6-14(7-9-15)13-24-17-4-2-1-3-5-17/h1-9,16H,10-13H2,(H,22,23)/t16-/m0/s1. The Labute approximate surface area is 140 Å². The van der Waals surface area contributed by atoms with Gasteiger partial charge < -0.3 is 14.7 Å². The number of amides is 1. The van der Waals surface area contributed by atoms with E-state index in [1.54, 1.807) is 17.0 Å². The molecule has 124 valence electrons. The Morgan fingerprint density at radius 2 is 1.79 bits per heavy atom. The third-order valence-corrected chi connectivity index (χ3v) is 4.17. The van der Waals surface area contributed by atoms with Crippen LogP contribution in [0.25, 0.3) is 0 Å². The largest absolute Gasteiger partial charge is 0.489 e. The maximum absolute atomic E-state index is 12.4. The zero-order valence-electron chi connectivity index (χ0n) is 13.2. The molecule has 1 fully saturated rings. The van der Waals surface area contributed by atoms with Crippen LogP contribution in [0.4, 0.5) is 0 Å². The van der Waals surface area contributed by atoms with Gasteiger partial charge in [-0.25, -0.2) is 0 Å². The summed E-state index contributed by atoms with van der Waals surface area (Å²) in [5.41, 5.74) is 1.55. The van der Waals surface area contributed by atoms with Crippen molar-refractivity contribution < 1.29 is 19.4 Å². The van der Waals surface area contributed by atoms with E-state index in [4.69, 9.17) is 9.84 Å². The lowest BCUT2D eigenvalue weighted by molar-refractivity contribution is -0.141. The van der Waals surface area contributed by atoms with E-state index in [9.17, 15) is 9.59 Å². The lowest BCUT2D eigenvalue weighted by atomic mass is 10.1. The van der Waals surface area contributed by atoms with Crippen LogP contribution in [0, 0.1) is 5.92 Å². The van der Waals surface area contributed by atoms with Crippen LogP contribution in [0.5, 0.6) is 5.75 Å². The number of carbonyl (C=O) groups excluding carboxylic acids is 1. The molecule has 5 heteroatoms. The monoisotopic (exact) mass is 325 g/mol. The summed E-state index contributed by atoms with van der Waals surface area (Å²) < 4.78 is 5.67. The topological polar surface area (TPSA) is 66.8 Å². The van der Waals surface area contributed by atoms with Crippen molar-refractivity contribution in [2.45, 2.75) is 13.0 Å². The number of nitrogens with zero attached hydrogens (tertiary/aromatic N) is 1. The molecule has 1 aliphatic rings. The van der Waals surface area contributed by atoms with Gasteiger partial charge in [0.05, 0.1) is 5.92 Å². The number of likely N-dealkylation sites (tertiary alicyclic amines) is 1. The van der Waals surface area contributed by atoms with Crippen molar-refractivity contribution in [3.05, 3.63) is 65.7 Å². The predicted molar refractivity (Wildman–Crippen MR) is 88.9 cm³/mol. The maximum Gasteiger partial charge on any atom is 0.308 e. The van der Waals surface area contributed by atoms with Gasteiger partial charge in [0, 0.05) is 18.7 Å². The average Bonchev–Trinajstić information content (AvgIpc) is 3.11. The van der Waals surface area contributed by atoms with Crippen molar-refractivity contribution in [3.8, 4) is 5.75 Å². The second-order valence-corrected chi connectivity index (χ2v) is 5.87. The second kappa shape index (κ2) is 7.17. The number of aliphatic carboxylic acids is 1. The van der Waals surface area contributed by atoms with Crippen LogP contribution in [-0.2, 0) is 11.4 Å². The highest BCUT2D eigenvalue weighted by atomic mass is 16.5. The van der Waals surface area contributed by atoms with Crippen LogP contribution >= 0.6 is 0 Å². The molecule has 2 aromatic rings. The lowest BCUT2D eigenvalue weighted by Crippen LogP contribution is -2.29. The van der Waals surface area contributed by atoms with Gasteiger partial charge >= 0.3 is 5.97 Å². The van der Waals surface area contributed by atoms with E-state index < -0.39 is 11.9 Å². The number of carboxylic acids is 1. The Kier molecular flexibility index (Phi) is 4.79. The fourth-order valence-electron chi connectivity index (χ4n) is 2.76. The van der Waals surface area contributed by atoms with E-state index in [0.717, 1.165) is 11.3 Å². The molecular formula is C19H19NO4. The first-order valence-corrected chi connectivity index (χ1v) is 7.92. The van der Waals surface area contributed by atoms with E-state index in [1.807, 2.05) is 42.5 Å². The minimum Gasteiger partial charge on any atom is -0.489 e. The number of hydrogen-bond donors (Lipinski definition) is 1. The van der Waals surface area contributed by atoms with E-state index in [0.29, 0.717) is 25.1 Å². The van der Waals surface area contributed by atoms with Crippen LogP contribution in [-0.4, -0.2) is 35.0 Å². The lowest BCUT2D eigenvalue weighted by Gasteiger charge is -2.16. The number of rotatable bonds is 5. The van der Waals surface area contributed by atoms with Gasteiger partial charge in [-0.2, -0.15) is 0 Å². The molecule has 0 aliphatic carbocycles. The van der Waals surface area contributed by atoms with Crippen LogP contribution in [0.2, 0.25) is 0 Å². The van der Waals surface area contributed by atoms with Crippen LogP contribution in [0.15, 0.2) is 54.6 Å². The van der Waals surface area contributed by atoms with Crippen LogP contribution in [0.3, 0.4) is 0 Å². The molecule has 1 N–H and O–H groups in total. The van der Waals surface area contributed by atoms with Crippen molar-refractivity contribution >= 4 is 11.9 Å². The van der Waals surface area contributed by atoms with Gasteiger partial charge in [0.1, 0.15) is 12.4 Å². The molecule has 0 aromatic heterocycles. The normalized spacial score (nSPS) is 16.8. The van der Waals surface area contributed by atoms with Gasteiger partial charge in [-0.05, 0) is 36.2 Å². The molecule has 2 aromatic carbocycles. The number of para-hydroxylation sites is 1. The Morgan fingerprint density at radius 1 is 1.08 bits per heavy atom. The first-order valence-electron chi connectivity index (χ1n) is 7.92. The molecule has 1 atom stereocenters. The molecule has 5 nitrogen and oxygen atoms in total. The van der Waals surface area contributed by atoms with Crippen LogP contribution < -0.4 is 4.74 Å². The van der Waals surface area contributed by atoms with Gasteiger partial charge in [-0.3, -0.25) is 9.59 Å². The summed E-state index contributed by atoms with van der Waals surface area (Å²) in [6.45, 7) is 1.21. The molecule has 0 saturated carbocycles. The molecule has 24 heavy (non-hydrogen) atoms. The molecule has 0 spiro atoms. The fraction of sp³-hybridized carbons (Fsp3) is 0.263. The first kappa shape index (κ1) is 16.1. The Morgan fingerprint density at radius 3 is 2.42 bits per heavy atom. The fourth-order valence-corrected chi connectivity index (χ4v) is 2.76. The second-order valence-electron chi connectivity index (χ2n) is 5.87. The number of ether oxygens (including phenoxy) is 1. The zero-order valence-corrected chi connectivity index (χ0v) is 13.2. The molecule has 0 bridgehead atoms. The highest BCUT2D eigenvalue weighted by Gasteiger charge is 2.31. The van der Waals surface area contributed by atoms with Crippen molar-refractivity contribution in [1.82, 2.24) is 4.90 Å². The molecule has 0 unspecified atom stereocenters. The van der Waals surface area contributed by atoms with Gasteiger partial charge in [-0.15, -0.1) is 0 Å². The van der Waals surface area contributed by atoms with Gasteiger partial charge in [-0.1, -0.05) is 30.3 Å². The Balaban J connectivity index is 1.58. The predicted octanol–water partition coefficient (Wildman–Crippen LogP) is 2.81. The van der Waals surface area contributed by atoms with Crippen molar-refractivity contribution in [2.75, 3.05) is 13.1 Å². The third kappa shape index (κ3) is 3.74. The summed E-state index contributed by atoms with van der Waals surface area (Å²) in [5.74, 6) is -0.602. The average molecular weight is 325 g/mol. The minimum atomic E-state index is -0.835. The van der Waals surface area contributed by atoms with Crippen molar-refractivity contribution in [3.63, 3.8) is 0 Å². The number of carbonyl (C=O) groups is 2. The molecule has 1 saturated heterocycles. The molecule has 1 heterocycles. The SMILES string of the molecule is O=C(O)[C@H]1CCN(C(=O)c2ccc(COc3ccccc3)cc2)C1. The van der Waals surface area contributed by atoms with Gasteiger partial charge in [0.2, 0.25) is 0 Å². The molecule has 0 radical (unpaired) electrons. The minimum absolute atomic E-state index is 0.116. The summed E-state index contributed by atoms with van der Waals surface area (Å²) in [6.07, 6.45) is 0.518. The van der Waals surface area contributed by atoms with Gasteiger partial charge in [0.15, 0.2) is 0 Å². The quantitative estimate of drug-likeness (QED) is 0.918. The number of hydrogen-bond acceptors (Lipinski definition) is 3. The highest BCUT2D eigenvalue weighted by molar-refractivity contribution is 5.94. The summed E-state index contributed by atoms with van der Waals surface area (Å²) in [5, 5.41) is 9.02. The van der Waals surface area contributed by atoms with E-state index in [-0.39, 0.29) is 12.5 Å². The Bertz CT molecular complexity index is 712. The van der Waals surface area contributed by atoms with Crippen LogP contribution in [0.1, 0.15) is 22.3 Å². The summed E-state index contributed by atoms with van der Waals surface area (Å²) in [4.78, 5) is 25.0. The number of carboxylic acid groups (broad SMARTS) is 1. The van der Waals surface area contributed by atoms with E-state index in [2.05, 4.69) is 0 Å². The molecule has 1 amide bonds. The van der Waals surface area contributed by atoms with Gasteiger partial charge in [0.25, 0.3) is 5.91 Å². The molecule has 3 rings (SSSR count).